The number of aromatic nitrogens is 1. The quantitative estimate of drug-likeness (QED) is 0.627. The summed E-state index contributed by atoms with van der Waals surface area (Å²) in [7, 11) is -3.95. The van der Waals surface area contributed by atoms with Crippen molar-refractivity contribution in [1.82, 2.24) is 8.87 Å². The second-order valence-corrected chi connectivity index (χ2v) is 8.86. The Morgan fingerprint density at radius 1 is 1.07 bits per heavy atom. The van der Waals surface area contributed by atoms with E-state index >= 15 is 0 Å². The van der Waals surface area contributed by atoms with Crippen molar-refractivity contribution in [3.63, 3.8) is 0 Å². The summed E-state index contributed by atoms with van der Waals surface area (Å²) in [5, 5.41) is 0.203. The number of hydrogen-bond donors (Lipinski definition) is 2. The first-order valence-corrected chi connectivity index (χ1v) is 10.9. The first kappa shape index (κ1) is 20.4. The Bertz CT molecular complexity index is 1210. The van der Waals surface area contributed by atoms with Crippen LogP contribution in [0.3, 0.4) is 0 Å². The zero-order chi connectivity index (χ0) is 21.5. The van der Waals surface area contributed by atoms with Gasteiger partial charge in [-0.3, -0.25) is 9.52 Å². The molecule has 1 amide bonds. The smallest absolute Gasteiger partial charge is 0.302 e. The molecular formula is C20H18ClFN4O3S. The van der Waals surface area contributed by atoms with Crippen LogP contribution in [0.25, 0.3) is 11.3 Å². The second-order valence-electron chi connectivity index (χ2n) is 6.81. The van der Waals surface area contributed by atoms with Gasteiger partial charge in [-0.05, 0) is 29.8 Å². The summed E-state index contributed by atoms with van der Waals surface area (Å²) in [6.07, 6.45) is 0. The molecule has 0 bridgehead atoms. The maximum absolute atomic E-state index is 13.1. The first-order chi connectivity index (χ1) is 14.3. The molecule has 30 heavy (non-hydrogen) atoms. The lowest BCUT2D eigenvalue weighted by molar-refractivity contribution is 0.0998. The predicted octanol–water partition coefficient (Wildman–Crippen LogP) is 3.22. The fourth-order valence-corrected chi connectivity index (χ4v) is 5.16. The van der Waals surface area contributed by atoms with Crippen LogP contribution >= 0.6 is 11.6 Å². The fraction of sp³-hybridized carbons (Fsp3) is 0.150. The summed E-state index contributed by atoms with van der Waals surface area (Å²) < 4.78 is 44.3. The van der Waals surface area contributed by atoms with Gasteiger partial charge in [-0.15, -0.1) is 0 Å². The molecule has 0 spiro atoms. The Morgan fingerprint density at radius 2 is 1.73 bits per heavy atom. The molecule has 3 aromatic rings. The average Bonchev–Trinajstić information content (AvgIpc) is 3.01. The van der Waals surface area contributed by atoms with Crippen LogP contribution < -0.4 is 10.5 Å². The first-order valence-electron chi connectivity index (χ1n) is 9.07. The van der Waals surface area contributed by atoms with Gasteiger partial charge < -0.3 is 10.3 Å². The molecule has 0 atom stereocenters. The molecule has 2 heterocycles. The van der Waals surface area contributed by atoms with Crippen molar-refractivity contribution in [3.8, 4) is 11.3 Å². The van der Waals surface area contributed by atoms with Crippen LogP contribution in [0, 0.1) is 5.82 Å². The predicted molar refractivity (Wildman–Crippen MR) is 113 cm³/mol. The van der Waals surface area contributed by atoms with Crippen LogP contribution in [0.4, 0.5) is 10.1 Å². The van der Waals surface area contributed by atoms with E-state index in [2.05, 4.69) is 4.72 Å². The largest absolute Gasteiger partial charge is 0.365 e. The van der Waals surface area contributed by atoms with Crippen molar-refractivity contribution in [1.29, 1.82) is 0 Å². The topological polar surface area (TPSA) is 97.4 Å². The molecular weight excluding hydrogens is 431 g/mol. The van der Waals surface area contributed by atoms with E-state index in [9.17, 15) is 17.6 Å². The number of nitrogens with zero attached hydrogens (tertiary/aromatic N) is 2. The van der Waals surface area contributed by atoms with Crippen LogP contribution in [0.5, 0.6) is 0 Å². The highest BCUT2D eigenvalue weighted by Crippen LogP contribution is 2.38. The Labute approximate surface area is 178 Å². The number of nitrogens with two attached hydrogens (primary N) is 1. The number of carbonyl (C=O) groups excluding carboxylic acids is 1. The number of benzene rings is 2. The minimum Gasteiger partial charge on any atom is -0.365 e. The maximum Gasteiger partial charge on any atom is 0.302 e. The number of carbonyl (C=O) groups is 1. The SMILES string of the molecule is NC(=O)c1c(Cl)c(-c2ccccc2)n2c1CN(S(=O)(=O)Nc1ccc(F)cc1)CC2. The Morgan fingerprint density at radius 3 is 2.37 bits per heavy atom. The van der Waals surface area contributed by atoms with Gasteiger partial charge in [0.25, 0.3) is 5.91 Å². The van der Waals surface area contributed by atoms with Crippen molar-refractivity contribution >= 4 is 33.4 Å². The molecule has 0 saturated carbocycles. The summed E-state index contributed by atoms with van der Waals surface area (Å²) in [4.78, 5) is 12.1. The number of rotatable bonds is 5. The highest BCUT2D eigenvalue weighted by Gasteiger charge is 2.34. The van der Waals surface area contributed by atoms with Gasteiger partial charge in [-0.1, -0.05) is 41.9 Å². The minimum absolute atomic E-state index is 0.0820. The highest BCUT2D eigenvalue weighted by atomic mass is 35.5. The van der Waals surface area contributed by atoms with E-state index in [4.69, 9.17) is 17.3 Å². The van der Waals surface area contributed by atoms with Crippen molar-refractivity contribution in [2.24, 2.45) is 5.73 Å². The Kier molecular flexibility index (Phi) is 5.27. The molecule has 2 aromatic carbocycles. The normalized spacial score (nSPS) is 14.3. The number of nitrogens with one attached hydrogen (secondary N) is 1. The number of fused-ring (bicyclic) bond motifs is 1. The van der Waals surface area contributed by atoms with Crippen LogP contribution in [0.1, 0.15) is 16.1 Å². The average molecular weight is 449 g/mol. The van der Waals surface area contributed by atoms with Crippen LogP contribution in [0.15, 0.2) is 54.6 Å². The molecule has 0 unspecified atom stereocenters. The highest BCUT2D eigenvalue weighted by molar-refractivity contribution is 7.90. The van der Waals surface area contributed by atoms with E-state index in [0.717, 1.165) is 17.7 Å². The molecule has 156 valence electrons. The zero-order valence-electron chi connectivity index (χ0n) is 15.7. The third-order valence-electron chi connectivity index (χ3n) is 4.94. The summed E-state index contributed by atoms with van der Waals surface area (Å²) in [6.45, 7) is 0.366. The second kappa shape index (κ2) is 7.75. The number of amides is 1. The molecule has 0 fully saturated rings. The number of primary amides is 1. The molecule has 1 aliphatic rings. The minimum atomic E-state index is -3.95. The lowest BCUT2D eigenvalue weighted by Gasteiger charge is -2.29. The summed E-state index contributed by atoms with van der Waals surface area (Å²) >= 11 is 6.52. The van der Waals surface area contributed by atoms with Gasteiger partial charge in [0.05, 0.1) is 22.8 Å². The van der Waals surface area contributed by atoms with Gasteiger partial charge in [0.2, 0.25) is 0 Å². The van der Waals surface area contributed by atoms with E-state index in [1.807, 2.05) is 34.9 Å². The van der Waals surface area contributed by atoms with Crippen molar-refractivity contribution in [2.45, 2.75) is 13.1 Å². The van der Waals surface area contributed by atoms with Crippen molar-refractivity contribution < 1.29 is 17.6 Å². The summed E-state index contributed by atoms with van der Waals surface area (Å²) in [5.74, 6) is -1.19. The monoisotopic (exact) mass is 448 g/mol. The van der Waals surface area contributed by atoms with E-state index in [-0.39, 0.29) is 35.9 Å². The summed E-state index contributed by atoms with van der Waals surface area (Å²) in [6, 6.07) is 14.3. The molecule has 1 aliphatic heterocycles. The Balaban J connectivity index is 1.71. The molecule has 0 saturated heterocycles. The fourth-order valence-electron chi connectivity index (χ4n) is 3.57. The molecule has 7 nitrogen and oxygen atoms in total. The number of hydrogen-bond acceptors (Lipinski definition) is 3. The van der Waals surface area contributed by atoms with Crippen LogP contribution in [-0.4, -0.2) is 29.7 Å². The molecule has 3 N–H and O–H groups in total. The molecule has 1 aromatic heterocycles. The van der Waals surface area contributed by atoms with E-state index in [1.165, 1.54) is 16.4 Å². The Hall–Kier alpha value is -2.88. The molecule has 0 radical (unpaired) electrons. The van der Waals surface area contributed by atoms with E-state index < -0.39 is 21.9 Å². The molecule has 10 heteroatoms. The van der Waals surface area contributed by atoms with Gasteiger partial charge in [-0.25, -0.2) is 4.39 Å². The lowest BCUT2D eigenvalue weighted by Crippen LogP contribution is -2.42. The lowest BCUT2D eigenvalue weighted by atomic mass is 10.1. The molecule has 4 rings (SSSR count). The third kappa shape index (κ3) is 3.67. The standard InChI is InChI=1S/C20H18ClFN4O3S/c21-18-17(20(23)27)16-12-25(30(28,29)24-15-8-6-14(22)7-9-15)10-11-26(16)19(18)13-4-2-1-3-5-13/h1-9,24H,10-12H2,(H2,23,27). The summed E-state index contributed by atoms with van der Waals surface area (Å²) in [5.41, 5.74) is 7.77. The van der Waals surface area contributed by atoms with Gasteiger partial charge in [0.15, 0.2) is 0 Å². The van der Waals surface area contributed by atoms with Crippen LogP contribution in [-0.2, 0) is 23.3 Å². The molecule has 0 aliphatic carbocycles. The number of halogens is 2. The van der Waals surface area contributed by atoms with E-state index in [1.54, 1.807) is 0 Å². The number of anilines is 1. The van der Waals surface area contributed by atoms with E-state index in [0.29, 0.717) is 11.4 Å². The van der Waals surface area contributed by atoms with Crippen LogP contribution in [0.2, 0.25) is 5.02 Å². The van der Waals surface area contributed by atoms with Gasteiger partial charge >= 0.3 is 10.2 Å². The van der Waals surface area contributed by atoms with Gasteiger partial charge in [0, 0.05) is 24.5 Å². The van der Waals surface area contributed by atoms with Crippen molar-refractivity contribution in [2.75, 3.05) is 11.3 Å². The third-order valence-corrected chi connectivity index (χ3v) is 6.79. The maximum atomic E-state index is 13.1. The van der Waals surface area contributed by atoms with Crippen molar-refractivity contribution in [3.05, 3.63) is 76.7 Å². The zero-order valence-corrected chi connectivity index (χ0v) is 17.3. The van der Waals surface area contributed by atoms with Gasteiger partial charge in [0.1, 0.15) is 5.82 Å². The van der Waals surface area contributed by atoms with Gasteiger partial charge in [-0.2, -0.15) is 12.7 Å².